The molecule has 0 aromatic heterocycles. The number of amides is 3. The molecule has 0 aromatic rings. The Kier molecular flexibility index (Phi) is 3.74. The van der Waals surface area contributed by atoms with Crippen molar-refractivity contribution in [3.05, 3.63) is 0 Å². The van der Waals surface area contributed by atoms with E-state index >= 15 is 0 Å². The Labute approximate surface area is 137 Å². The van der Waals surface area contributed by atoms with Crippen LogP contribution in [-0.4, -0.2) is 28.3 Å². The zero-order chi connectivity index (χ0) is 16.1. The van der Waals surface area contributed by atoms with Gasteiger partial charge in [-0.2, -0.15) is 0 Å². The minimum absolute atomic E-state index is 0.0504. The minimum atomic E-state index is -1.01. The number of halogens is 1. The molecule has 4 fully saturated rings. The van der Waals surface area contributed by atoms with Gasteiger partial charge in [0.05, 0.1) is 5.41 Å². The van der Waals surface area contributed by atoms with Crippen LogP contribution in [0.2, 0.25) is 0 Å². The number of alkyl halides is 1. The second-order valence-corrected chi connectivity index (χ2v) is 8.98. The van der Waals surface area contributed by atoms with Crippen LogP contribution in [0.3, 0.4) is 0 Å². The van der Waals surface area contributed by atoms with Gasteiger partial charge in [-0.3, -0.25) is 14.9 Å². The van der Waals surface area contributed by atoms with Crippen LogP contribution < -0.4 is 11.1 Å². The summed E-state index contributed by atoms with van der Waals surface area (Å²) in [4.78, 5) is 35.1. The molecule has 0 saturated heterocycles. The van der Waals surface area contributed by atoms with Gasteiger partial charge in [-0.25, -0.2) is 4.79 Å². The van der Waals surface area contributed by atoms with E-state index in [0.717, 1.165) is 32.1 Å². The maximum absolute atomic E-state index is 12.7. The molecule has 22 heavy (non-hydrogen) atoms. The van der Waals surface area contributed by atoms with Crippen LogP contribution in [-0.2, 0) is 14.3 Å². The van der Waals surface area contributed by atoms with Gasteiger partial charge in [0.1, 0.15) is 0 Å². The molecule has 0 aliphatic heterocycles. The van der Waals surface area contributed by atoms with Crippen molar-refractivity contribution < 1.29 is 19.1 Å². The number of nitrogens with one attached hydrogen (secondary N) is 1. The van der Waals surface area contributed by atoms with Gasteiger partial charge < -0.3 is 10.5 Å². The second-order valence-electron chi connectivity index (χ2n) is 7.29. The van der Waals surface area contributed by atoms with Crippen LogP contribution in [0.25, 0.3) is 0 Å². The van der Waals surface area contributed by atoms with Crippen molar-refractivity contribution in [2.24, 2.45) is 23.0 Å². The van der Waals surface area contributed by atoms with Gasteiger partial charge in [-0.1, -0.05) is 15.9 Å². The van der Waals surface area contributed by atoms with E-state index in [1.165, 1.54) is 13.3 Å². The molecule has 4 saturated carbocycles. The van der Waals surface area contributed by atoms with Gasteiger partial charge in [0.15, 0.2) is 6.10 Å². The number of esters is 1. The number of rotatable bonds is 3. The molecule has 6 nitrogen and oxygen atoms in total. The predicted molar refractivity (Wildman–Crippen MR) is 82.1 cm³/mol. The van der Waals surface area contributed by atoms with E-state index in [-0.39, 0.29) is 10.3 Å². The summed E-state index contributed by atoms with van der Waals surface area (Å²) in [6, 6.07) is -0.942. The highest BCUT2D eigenvalue weighted by Crippen LogP contribution is 2.64. The maximum Gasteiger partial charge on any atom is 0.318 e. The molecule has 3 N–H and O–H groups in total. The van der Waals surface area contributed by atoms with Crippen LogP contribution in [0.4, 0.5) is 4.79 Å². The number of urea groups is 1. The highest BCUT2D eigenvalue weighted by molar-refractivity contribution is 9.10. The van der Waals surface area contributed by atoms with Gasteiger partial charge in [-0.05, 0) is 57.3 Å². The monoisotopic (exact) mass is 372 g/mol. The Morgan fingerprint density at radius 3 is 2.32 bits per heavy atom. The van der Waals surface area contributed by atoms with E-state index in [2.05, 4.69) is 15.9 Å². The standard InChI is InChI=1S/C15H21BrN2O4/c1-8(11(19)18-13(17)21)22-12(20)14-3-9-2-10(4-14)6-15(16,5-9)7-14/h8-10H,2-7H2,1H3,(H3,17,18,19,21)/t8-,9+,10+,14?,15?/m1/s1. The van der Waals surface area contributed by atoms with E-state index in [0.29, 0.717) is 11.8 Å². The van der Waals surface area contributed by atoms with E-state index in [1.54, 1.807) is 0 Å². The van der Waals surface area contributed by atoms with Crippen LogP contribution in [0.15, 0.2) is 0 Å². The number of primary amides is 1. The molecule has 0 heterocycles. The summed E-state index contributed by atoms with van der Waals surface area (Å²) in [5.74, 6) is 0.127. The molecule has 3 atom stereocenters. The highest BCUT2D eigenvalue weighted by Gasteiger charge is 2.60. The lowest BCUT2D eigenvalue weighted by Crippen LogP contribution is -2.57. The fourth-order valence-electron chi connectivity index (χ4n) is 4.95. The van der Waals surface area contributed by atoms with Crippen LogP contribution in [0.1, 0.15) is 45.4 Å². The Balaban J connectivity index is 1.70. The van der Waals surface area contributed by atoms with E-state index in [1.807, 2.05) is 5.32 Å². The third-order valence-corrected chi connectivity index (χ3v) is 6.25. The van der Waals surface area contributed by atoms with Crippen LogP contribution in [0.5, 0.6) is 0 Å². The summed E-state index contributed by atoms with van der Waals surface area (Å²) >= 11 is 3.84. The van der Waals surface area contributed by atoms with Gasteiger partial charge in [0, 0.05) is 4.32 Å². The molecule has 0 spiro atoms. The summed E-state index contributed by atoms with van der Waals surface area (Å²) in [6.45, 7) is 1.46. The van der Waals surface area contributed by atoms with Crippen molar-refractivity contribution in [2.75, 3.05) is 0 Å². The number of nitrogens with two attached hydrogens (primary N) is 1. The van der Waals surface area contributed by atoms with Gasteiger partial charge in [-0.15, -0.1) is 0 Å². The van der Waals surface area contributed by atoms with Gasteiger partial charge in [0.25, 0.3) is 5.91 Å². The zero-order valence-electron chi connectivity index (χ0n) is 12.6. The third-order valence-electron chi connectivity index (χ3n) is 5.32. The summed E-state index contributed by atoms with van der Waals surface area (Å²) in [5, 5.41) is 1.94. The summed E-state index contributed by atoms with van der Waals surface area (Å²) in [6.07, 6.45) is 4.89. The van der Waals surface area contributed by atoms with Crippen molar-refractivity contribution >= 4 is 33.8 Å². The highest BCUT2D eigenvalue weighted by atomic mass is 79.9. The predicted octanol–water partition coefficient (Wildman–Crippen LogP) is 1.85. The number of imide groups is 1. The number of ether oxygens (including phenoxy) is 1. The number of carbonyl (C=O) groups excluding carboxylic acids is 3. The first kappa shape index (κ1) is 15.8. The smallest absolute Gasteiger partial charge is 0.318 e. The molecule has 0 unspecified atom stereocenters. The fraction of sp³-hybridized carbons (Fsp3) is 0.800. The molecule has 122 valence electrons. The molecule has 4 rings (SSSR count). The number of hydrogen-bond acceptors (Lipinski definition) is 4. The van der Waals surface area contributed by atoms with Crippen LogP contribution >= 0.6 is 15.9 Å². The van der Waals surface area contributed by atoms with Gasteiger partial charge >= 0.3 is 12.0 Å². The van der Waals surface area contributed by atoms with E-state index < -0.39 is 23.5 Å². The first-order chi connectivity index (χ1) is 10.2. The summed E-state index contributed by atoms with van der Waals surface area (Å²) in [7, 11) is 0. The van der Waals surface area contributed by atoms with Crippen molar-refractivity contribution in [3.8, 4) is 0 Å². The lowest BCUT2D eigenvalue weighted by atomic mass is 9.49. The topological polar surface area (TPSA) is 98.5 Å². The molecule has 0 aromatic carbocycles. The average Bonchev–Trinajstić information content (AvgIpc) is 2.34. The third kappa shape index (κ3) is 2.75. The molecular weight excluding hydrogens is 352 g/mol. The van der Waals surface area contributed by atoms with Crippen molar-refractivity contribution in [2.45, 2.75) is 55.9 Å². The Morgan fingerprint density at radius 1 is 1.23 bits per heavy atom. The lowest BCUT2D eigenvalue weighted by molar-refractivity contribution is -0.176. The molecule has 0 radical (unpaired) electrons. The molecule has 7 heteroatoms. The molecule has 3 amide bonds. The first-order valence-corrected chi connectivity index (χ1v) is 8.51. The molecule has 4 bridgehead atoms. The minimum Gasteiger partial charge on any atom is -0.452 e. The quantitative estimate of drug-likeness (QED) is 0.583. The summed E-state index contributed by atoms with van der Waals surface area (Å²) in [5.41, 5.74) is 4.43. The van der Waals surface area contributed by atoms with Crippen LogP contribution in [0, 0.1) is 17.3 Å². The largest absolute Gasteiger partial charge is 0.452 e. The second kappa shape index (κ2) is 5.22. The Bertz CT molecular complexity index is 522. The van der Waals surface area contributed by atoms with Crippen molar-refractivity contribution in [1.82, 2.24) is 5.32 Å². The SMILES string of the molecule is C[C@@H](OC(=O)C12C[C@@H]3C[C@H](CC(Br)(C3)C1)C2)C(=O)NC(N)=O. The summed E-state index contributed by atoms with van der Waals surface area (Å²) < 4.78 is 5.41. The lowest BCUT2D eigenvalue weighted by Gasteiger charge is -2.58. The van der Waals surface area contributed by atoms with E-state index in [4.69, 9.17) is 10.5 Å². The Morgan fingerprint density at radius 2 is 1.82 bits per heavy atom. The first-order valence-electron chi connectivity index (χ1n) is 7.72. The van der Waals surface area contributed by atoms with Crippen molar-refractivity contribution in [1.29, 1.82) is 0 Å². The van der Waals surface area contributed by atoms with E-state index in [9.17, 15) is 14.4 Å². The maximum atomic E-state index is 12.7. The van der Waals surface area contributed by atoms with Gasteiger partial charge in [0.2, 0.25) is 0 Å². The Hall–Kier alpha value is -1.11. The fourth-order valence-corrected chi connectivity index (χ4v) is 6.40. The average molecular weight is 373 g/mol. The molecule has 4 aliphatic carbocycles. The number of carbonyl (C=O) groups is 3. The normalized spacial score (nSPS) is 40.1. The number of hydrogen-bond donors (Lipinski definition) is 2. The molecule has 4 aliphatic rings. The molecular formula is C15H21BrN2O4. The van der Waals surface area contributed by atoms with Crippen molar-refractivity contribution in [3.63, 3.8) is 0 Å². The zero-order valence-corrected chi connectivity index (χ0v) is 14.1.